The number of aliphatic carboxylic acids is 2. The van der Waals surface area contributed by atoms with Crippen LogP contribution in [-0.4, -0.2) is 262 Å². The van der Waals surface area contributed by atoms with Crippen molar-refractivity contribution >= 4 is 11.9 Å². The van der Waals surface area contributed by atoms with Gasteiger partial charge in [0.25, 0.3) is 0 Å². The lowest BCUT2D eigenvalue weighted by Gasteiger charge is -2.47. The second-order valence-electron chi connectivity index (χ2n) is 14.3. The summed E-state index contributed by atoms with van der Waals surface area (Å²) in [5.74, 6) is -3.54. The SMILES string of the molecule is N[C@@H]1[C@H](OC[C@H]2O[C@H](O[C@H]3[C@H](O)[C@H](N)[C@H](OC[C@H]4O[C@H](O)[C@H](O)[C@@H](O)[C@@H]4O)O[C@@H]3C(=O)O)[C@H](O)[C@@H](O)[C@@H]2O)O[C@H](C(=O)O)[C@@H](O[C@H]2O[C@H](CO)[C@@H](O)[C@H](O)[C@H]2O)[C@@H]1O. The monoisotopic (exact) mass is 854 g/mol. The molecule has 0 unspecified atom stereocenters. The topological polar surface area (TPSA) is 473 Å². The summed E-state index contributed by atoms with van der Waals surface area (Å²) in [7, 11) is 0. The lowest BCUT2D eigenvalue weighted by Crippen LogP contribution is -2.68. The summed E-state index contributed by atoms with van der Waals surface area (Å²) in [4.78, 5) is 24.4. The highest BCUT2D eigenvalue weighted by atomic mass is 16.8. The Hall–Kier alpha value is -2.02. The summed E-state index contributed by atoms with van der Waals surface area (Å²) in [6.07, 6.45) is -43.9. The molecule has 58 heavy (non-hydrogen) atoms. The van der Waals surface area contributed by atoms with Gasteiger partial charge in [-0.2, -0.15) is 0 Å². The van der Waals surface area contributed by atoms with Crippen molar-refractivity contribution in [2.45, 2.75) is 153 Å². The van der Waals surface area contributed by atoms with Crippen LogP contribution in [0.2, 0.25) is 0 Å². The molecule has 5 aliphatic heterocycles. The zero-order valence-corrected chi connectivity index (χ0v) is 29.9. The smallest absolute Gasteiger partial charge is 0.335 e. The van der Waals surface area contributed by atoms with Crippen molar-refractivity contribution < 1.29 is 129 Å². The molecule has 0 amide bonds. The third kappa shape index (κ3) is 9.55. The Labute approximate surface area is 325 Å². The number of aliphatic hydroxyl groups is 13. The molecule has 0 aromatic carbocycles. The summed E-state index contributed by atoms with van der Waals surface area (Å²) in [5, 5.41) is 153. The molecule has 0 aromatic rings. The molecule has 5 fully saturated rings. The number of aliphatic hydroxyl groups excluding tert-OH is 13. The molecule has 0 bridgehead atoms. The second-order valence-corrected chi connectivity index (χ2v) is 14.3. The van der Waals surface area contributed by atoms with Gasteiger partial charge < -0.3 is 131 Å². The first-order valence-corrected chi connectivity index (χ1v) is 17.8. The highest BCUT2D eigenvalue weighted by molar-refractivity contribution is 5.74. The van der Waals surface area contributed by atoms with Gasteiger partial charge in [0.2, 0.25) is 0 Å². The van der Waals surface area contributed by atoms with Gasteiger partial charge >= 0.3 is 11.9 Å². The third-order valence-corrected chi connectivity index (χ3v) is 10.4. The van der Waals surface area contributed by atoms with Crippen molar-refractivity contribution in [1.29, 1.82) is 0 Å². The van der Waals surface area contributed by atoms with Crippen LogP contribution in [0.1, 0.15) is 0 Å². The van der Waals surface area contributed by atoms with E-state index in [1.807, 2.05) is 0 Å². The van der Waals surface area contributed by atoms with Crippen LogP contribution in [0, 0.1) is 0 Å². The number of carboxylic acid groups (broad SMARTS) is 2. The largest absolute Gasteiger partial charge is 0.479 e. The highest BCUT2D eigenvalue weighted by Gasteiger charge is 2.55. The molecule has 5 saturated heterocycles. The average Bonchev–Trinajstić information content (AvgIpc) is 3.18. The Morgan fingerprint density at radius 2 is 0.810 bits per heavy atom. The Morgan fingerprint density at radius 1 is 0.448 bits per heavy atom. The molecule has 5 heterocycles. The van der Waals surface area contributed by atoms with Gasteiger partial charge in [-0.3, -0.25) is 0 Å². The lowest BCUT2D eigenvalue weighted by atomic mass is 9.95. The normalized spacial score (nSPS) is 51.6. The number of rotatable bonds is 13. The minimum Gasteiger partial charge on any atom is -0.479 e. The molecule has 5 rings (SSSR count). The summed E-state index contributed by atoms with van der Waals surface area (Å²) in [6.45, 7) is -2.43. The number of ether oxygens (including phenoxy) is 9. The quantitative estimate of drug-likeness (QED) is 0.0818. The molecule has 19 N–H and O–H groups in total. The van der Waals surface area contributed by atoms with Gasteiger partial charge in [-0.15, -0.1) is 0 Å². The van der Waals surface area contributed by atoms with E-state index in [2.05, 4.69) is 0 Å². The minimum atomic E-state index is -2.15. The molecule has 0 aromatic heterocycles. The van der Waals surface area contributed by atoms with E-state index in [1.165, 1.54) is 0 Å². The number of hydrogen-bond acceptors (Lipinski definition) is 26. The van der Waals surface area contributed by atoms with Crippen molar-refractivity contribution in [3.63, 3.8) is 0 Å². The maximum atomic E-state index is 12.2. The van der Waals surface area contributed by atoms with Crippen molar-refractivity contribution in [3.05, 3.63) is 0 Å². The standard InChI is InChI=1S/C30H50N2O26/c31-7-13(38)21(23(25(47)48)57-27(7)50-2-5-10(35)14(39)17(42)26(49)52-5)56-30-19(44)16(41)11(36)6(54-30)3-51-28-8(32)12(37)20(22(58-28)24(45)46)55-29-18(43)15(40)9(34)4(1-33)53-29/h4-23,26-30,33-44,49H,1-3,31-32H2,(H,45,46)(H,47,48)/t4-,5-,6-,7+,8+,9-,10-,11-,12-,13-,14+,15+,16+,17-,18-,19-,20+,21+,22+,23+,26+,27-,28-,29-,30-/m1/s1. The third-order valence-electron chi connectivity index (χ3n) is 10.4. The predicted octanol–water partition coefficient (Wildman–Crippen LogP) is -11.8. The van der Waals surface area contributed by atoms with Gasteiger partial charge in [0.15, 0.2) is 43.7 Å². The van der Waals surface area contributed by atoms with Crippen LogP contribution in [0.3, 0.4) is 0 Å². The fourth-order valence-electron chi connectivity index (χ4n) is 6.85. The zero-order valence-electron chi connectivity index (χ0n) is 29.9. The van der Waals surface area contributed by atoms with E-state index in [1.54, 1.807) is 0 Å². The molecule has 0 aliphatic carbocycles. The van der Waals surface area contributed by atoms with Crippen molar-refractivity contribution in [3.8, 4) is 0 Å². The van der Waals surface area contributed by atoms with E-state index in [0.29, 0.717) is 0 Å². The van der Waals surface area contributed by atoms with Crippen LogP contribution in [0.4, 0.5) is 0 Å². The molecule has 0 spiro atoms. The van der Waals surface area contributed by atoms with E-state index in [4.69, 9.17) is 54.1 Å². The summed E-state index contributed by atoms with van der Waals surface area (Å²) < 4.78 is 48.3. The highest BCUT2D eigenvalue weighted by Crippen LogP contribution is 2.33. The van der Waals surface area contributed by atoms with Gasteiger partial charge in [-0.05, 0) is 0 Å². The molecule has 28 nitrogen and oxygen atoms in total. The Morgan fingerprint density at radius 3 is 1.21 bits per heavy atom. The number of carbonyl (C=O) groups is 2. The molecule has 25 atom stereocenters. The van der Waals surface area contributed by atoms with Crippen LogP contribution >= 0.6 is 0 Å². The fourth-order valence-corrected chi connectivity index (χ4v) is 6.85. The number of nitrogens with two attached hydrogens (primary N) is 2. The predicted molar refractivity (Wildman–Crippen MR) is 172 cm³/mol. The van der Waals surface area contributed by atoms with Crippen LogP contribution in [0.5, 0.6) is 0 Å². The molecule has 28 heteroatoms. The van der Waals surface area contributed by atoms with E-state index < -0.39 is 185 Å². The molecular formula is C30H50N2O26. The Balaban J connectivity index is 1.22. The van der Waals surface area contributed by atoms with Crippen molar-refractivity contribution in [2.75, 3.05) is 19.8 Å². The second kappa shape index (κ2) is 19.4. The van der Waals surface area contributed by atoms with Crippen molar-refractivity contribution in [1.82, 2.24) is 0 Å². The summed E-state index contributed by atoms with van der Waals surface area (Å²) in [5.41, 5.74) is 12.1. The van der Waals surface area contributed by atoms with E-state index in [0.717, 1.165) is 0 Å². The van der Waals surface area contributed by atoms with Crippen LogP contribution in [0.25, 0.3) is 0 Å². The maximum absolute atomic E-state index is 12.2. The van der Waals surface area contributed by atoms with Crippen LogP contribution in [0.15, 0.2) is 0 Å². The average molecular weight is 855 g/mol. The summed E-state index contributed by atoms with van der Waals surface area (Å²) >= 11 is 0. The van der Waals surface area contributed by atoms with Crippen molar-refractivity contribution in [2.24, 2.45) is 11.5 Å². The maximum Gasteiger partial charge on any atom is 0.335 e. The summed E-state index contributed by atoms with van der Waals surface area (Å²) in [6, 6.07) is -3.32. The van der Waals surface area contributed by atoms with Gasteiger partial charge in [0, 0.05) is 0 Å². The molecule has 5 aliphatic rings. The number of carboxylic acids is 2. The first-order chi connectivity index (χ1) is 27.2. The van der Waals surface area contributed by atoms with Crippen LogP contribution in [-0.2, 0) is 52.2 Å². The fraction of sp³-hybridized carbons (Fsp3) is 0.933. The number of hydrogen-bond donors (Lipinski definition) is 17. The molecule has 336 valence electrons. The van der Waals surface area contributed by atoms with E-state index in [-0.39, 0.29) is 0 Å². The zero-order chi connectivity index (χ0) is 43.1. The molecule has 0 saturated carbocycles. The van der Waals surface area contributed by atoms with Gasteiger partial charge in [-0.25, -0.2) is 9.59 Å². The van der Waals surface area contributed by atoms with E-state index >= 15 is 0 Å². The Kier molecular flexibility index (Phi) is 15.7. The van der Waals surface area contributed by atoms with Gasteiger partial charge in [0.05, 0.1) is 31.9 Å². The first-order valence-electron chi connectivity index (χ1n) is 17.8. The minimum absolute atomic E-state index is 0.717. The van der Waals surface area contributed by atoms with E-state index in [9.17, 15) is 86.2 Å². The van der Waals surface area contributed by atoms with Gasteiger partial charge in [0.1, 0.15) is 97.7 Å². The molecule has 0 radical (unpaired) electrons. The Bertz CT molecular complexity index is 1370. The van der Waals surface area contributed by atoms with Gasteiger partial charge in [-0.1, -0.05) is 0 Å². The molecular weight excluding hydrogens is 804 g/mol. The van der Waals surface area contributed by atoms with Crippen LogP contribution < -0.4 is 11.5 Å². The lowest BCUT2D eigenvalue weighted by molar-refractivity contribution is -0.357. The first kappa shape index (κ1) is 47.0.